The third-order valence-corrected chi connectivity index (χ3v) is 6.81. The van der Waals surface area contributed by atoms with E-state index in [1.807, 2.05) is 41.3 Å². The van der Waals surface area contributed by atoms with Crippen LogP contribution >= 0.6 is 11.8 Å². The van der Waals surface area contributed by atoms with Gasteiger partial charge in [0.25, 0.3) is 0 Å². The standard InChI is InChI=1S/C22H24N4O2S/c1-22(2)16(13-23)19(27)25-20(17(22)14-24)29-18(15-9-5-3-6-10-15)21(28)26-11-7-4-8-12-26/h3,5-6,9-10,16,18H,4,7-8,11-12H2,1-2H3,(H,25,27)/t16-,18+/m0/s1. The first-order valence-corrected chi connectivity index (χ1v) is 10.6. The van der Waals surface area contributed by atoms with Gasteiger partial charge in [0.1, 0.15) is 11.2 Å². The molecule has 0 radical (unpaired) electrons. The minimum atomic E-state index is -0.950. The summed E-state index contributed by atoms with van der Waals surface area (Å²) in [4.78, 5) is 27.8. The van der Waals surface area contributed by atoms with Gasteiger partial charge in [-0.1, -0.05) is 55.9 Å². The maximum absolute atomic E-state index is 13.4. The molecule has 1 aromatic carbocycles. The number of nitrogens with zero attached hydrogens (tertiary/aromatic N) is 3. The number of carbonyl (C=O) groups excluding carboxylic acids is 2. The number of rotatable bonds is 4. The van der Waals surface area contributed by atoms with Gasteiger partial charge < -0.3 is 10.2 Å². The number of allylic oxidation sites excluding steroid dienone is 1. The quantitative estimate of drug-likeness (QED) is 0.822. The first-order valence-electron chi connectivity index (χ1n) is 9.76. The summed E-state index contributed by atoms with van der Waals surface area (Å²) < 4.78 is 0. The molecule has 29 heavy (non-hydrogen) atoms. The molecule has 1 N–H and O–H groups in total. The molecular formula is C22H24N4O2S. The van der Waals surface area contributed by atoms with Crippen molar-refractivity contribution in [3.63, 3.8) is 0 Å². The van der Waals surface area contributed by atoms with Crippen LogP contribution in [0.5, 0.6) is 0 Å². The summed E-state index contributed by atoms with van der Waals surface area (Å²) in [5, 5.41) is 21.7. The van der Waals surface area contributed by atoms with Crippen LogP contribution in [-0.4, -0.2) is 29.8 Å². The zero-order valence-electron chi connectivity index (χ0n) is 16.6. The summed E-state index contributed by atoms with van der Waals surface area (Å²) >= 11 is 1.20. The summed E-state index contributed by atoms with van der Waals surface area (Å²) in [6.45, 7) is 4.90. The second-order valence-electron chi connectivity index (χ2n) is 7.88. The second-order valence-corrected chi connectivity index (χ2v) is 9.00. The van der Waals surface area contributed by atoms with Crippen LogP contribution in [-0.2, 0) is 9.59 Å². The molecule has 1 aromatic rings. The number of carbonyl (C=O) groups is 2. The molecule has 1 fully saturated rings. The molecule has 0 saturated carbocycles. The Hall–Kier alpha value is -2.77. The Balaban J connectivity index is 2.00. The monoisotopic (exact) mass is 408 g/mol. The largest absolute Gasteiger partial charge is 0.341 e. The number of hydrogen-bond acceptors (Lipinski definition) is 5. The van der Waals surface area contributed by atoms with Crippen molar-refractivity contribution in [3.05, 3.63) is 46.5 Å². The molecule has 7 heteroatoms. The van der Waals surface area contributed by atoms with Gasteiger partial charge in [-0.25, -0.2) is 0 Å². The van der Waals surface area contributed by atoms with E-state index in [-0.39, 0.29) is 5.91 Å². The summed E-state index contributed by atoms with van der Waals surface area (Å²) in [5.74, 6) is -1.40. The number of likely N-dealkylation sites (tertiary alicyclic amines) is 1. The van der Waals surface area contributed by atoms with Crippen LogP contribution < -0.4 is 5.32 Å². The highest BCUT2D eigenvalue weighted by molar-refractivity contribution is 8.03. The van der Waals surface area contributed by atoms with E-state index in [1.54, 1.807) is 13.8 Å². The molecule has 0 unspecified atom stereocenters. The summed E-state index contributed by atoms with van der Waals surface area (Å²) in [5.41, 5.74) is 0.234. The zero-order chi connectivity index (χ0) is 21.0. The number of nitriles is 2. The van der Waals surface area contributed by atoms with Gasteiger partial charge in [0, 0.05) is 18.5 Å². The van der Waals surface area contributed by atoms with Crippen LogP contribution in [0.4, 0.5) is 0 Å². The van der Waals surface area contributed by atoms with E-state index in [4.69, 9.17) is 0 Å². The average molecular weight is 409 g/mol. The Kier molecular flexibility index (Phi) is 6.30. The molecule has 150 valence electrons. The fraction of sp³-hybridized carbons (Fsp3) is 0.455. The normalized spacial score (nSPS) is 22.3. The van der Waals surface area contributed by atoms with Crippen molar-refractivity contribution in [1.82, 2.24) is 10.2 Å². The Morgan fingerprint density at radius 3 is 2.45 bits per heavy atom. The van der Waals surface area contributed by atoms with Crippen molar-refractivity contribution in [3.8, 4) is 12.1 Å². The predicted octanol–water partition coefficient (Wildman–Crippen LogP) is 3.50. The van der Waals surface area contributed by atoms with Crippen molar-refractivity contribution in [2.45, 2.75) is 38.4 Å². The van der Waals surface area contributed by atoms with Crippen molar-refractivity contribution in [2.75, 3.05) is 13.1 Å². The minimum Gasteiger partial charge on any atom is -0.341 e. The summed E-state index contributed by atoms with van der Waals surface area (Å²) in [6, 6.07) is 13.6. The van der Waals surface area contributed by atoms with Crippen LogP contribution in [0, 0.1) is 34.0 Å². The number of piperidine rings is 1. The van der Waals surface area contributed by atoms with Gasteiger partial charge in [0.05, 0.1) is 22.7 Å². The highest BCUT2D eigenvalue weighted by Gasteiger charge is 2.45. The number of amides is 2. The molecule has 2 aliphatic heterocycles. The number of hydrogen-bond donors (Lipinski definition) is 1. The molecule has 2 heterocycles. The molecule has 0 bridgehead atoms. The molecule has 3 rings (SSSR count). The highest BCUT2D eigenvalue weighted by Crippen LogP contribution is 2.45. The molecular weight excluding hydrogens is 384 g/mol. The van der Waals surface area contributed by atoms with E-state index < -0.39 is 22.5 Å². The summed E-state index contributed by atoms with van der Waals surface area (Å²) in [7, 11) is 0. The zero-order valence-corrected chi connectivity index (χ0v) is 17.5. The van der Waals surface area contributed by atoms with Crippen molar-refractivity contribution in [1.29, 1.82) is 10.5 Å². The molecule has 0 aromatic heterocycles. The molecule has 1 saturated heterocycles. The fourth-order valence-corrected chi connectivity index (χ4v) is 5.17. The lowest BCUT2D eigenvalue weighted by molar-refractivity contribution is -0.131. The maximum atomic E-state index is 13.4. The maximum Gasteiger partial charge on any atom is 0.243 e. The molecule has 2 atom stereocenters. The lowest BCUT2D eigenvalue weighted by Gasteiger charge is -2.36. The first-order chi connectivity index (χ1) is 13.9. The topological polar surface area (TPSA) is 97.0 Å². The van der Waals surface area contributed by atoms with Crippen LogP contribution in [0.25, 0.3) is 0 Å². The van der Waals surface area contributed by atoms with Gasteiger partial charge in [-0.3, -0.25) is 9.59 Å². The third kappa shape index (κ3) is 4.16. The Morgan fingerprint density at radius 1 is 1.21 bits per heavy atom. The molecule has 0 spiro atoms. The smallest absolute Gasteiger partial charge is 0.243 e. The SMILES string of the molecule is CC1(C)C(C#N)=C(S[C@@H](C(=O)N2CCCCC2)c2ccccc2)NC(=O)[C@@H]1C#N. The second kappa shape index (κ2) is 8.71. The van der Waals surface area contributed by atoms with Crippen LogP contribution in [0.2, 0.25) is 0 Å². The number of nitrogens with one attached hydrogen (secondary N) is 1. The van der Waals surface area contributed by atoms with Gasteiger partial charge in [-0.2, -0.15) is 10.5 Å². The van der Waals surface area contributed by atoms with E-state index in [1.165, 1.54) is 11.8 Å². The summed E-state index contributed by atoms with van der Waals surface area (Å²) in [6.07, 6.45) is 3.09. The Bertz CT molecular complexity index is 905. The Labute approximate surface area is 175 Å². The van der Waals surface area contributed by atoms with Crippen LogP contribution in [0.15, 0.2) is 40.9 Å². The van der Waals surface area contributed by atoms with E-state index in [0.717, 1.165) is 37.9 Å². The van der Waals surface area contributed by atoms with Crippen LogP contribution in [0.3, 0.4) is 0 Å². The van der Waals surface area contributed by atoms with E-state index in [9.17, 15) is 20.1 Å². The number of benzene rings is 1. The van der Waals surface area contributed by atoms with Crippen molar-refractivity contribution in [2.24, 2.45) is 11.3 Å². The first kappa shape index (κ1) is 21.0. The lowest BCUT2D eigenvalue weighted by atomic mass is 9.72. The van der Waals surface area contributed by atoms with E-state index in [2.05, 4.69) is 11.4 Å². The Morgan fingerprint density at radius 2 is 1.86 bits per heavy atom. The van der Waals surface area contributed by atoms with Crippen molar-refractivity contribution >= 4 is 23.6 Å². The van der Waals surface area contributed by atoms with Gasteiger partial charge in [-0.15, -0.1) is 0 Å². The molecule has 2 amide bonds. The fourth-order valence-electron chi connectivity index (χ4n) is 3.80. The predicted molar refractivity (Wildman–Crippen MR) is 111 cm³/mol. The molecule has 0 aliphatic carbocycles. The van der Waals surface area contributed by atoms with E-state index in [0.29, 0.717) is 10.6 Å². The lowest BCUT2D eigenvalue weighted by Crippen LogP contribution is -2.45. The molecule has 6 nitrogen and oxygen atoms in total. The molecule has 2 aliphatic rings. The van der Waals surface area contributed by atoms with E-state index >= 15 is 0 Å². The van der Waals surface area contributed by atoms with Gasteiger partial charge in [0.15, 0.2) is 0 Å². The van der Waals surface area contributed by atoms with Crippen molar-refractivity contribution < 1.29 is 9.59 Å². The number of thioether (sulfide) groups is 1. The van der Waals surface area contributed by atoms with Gasteiger partial charge in [0.2, 0.25) is 11.8 Å². The third-order valence-electron chi connectivity index (χ3n) is 5.56. The minimum absolute atomic E-state index is 0.0137. The van der Waals surface area contributed by atoms with Crippen LogP contribution in [0.1, 0.15) is 43.9 Å². The average Bonchev–Trinajstić information content (AvgIpc) is 2.72. The van der Waals surface area contributed by atoms with Gasteiger partial charge in [-0.05, 0) is 24.8 Å². The van der Waals surface area contributed by atoms with Gasteiger partial charge >= 0.3 is 0 Å². The highest BCUT2D eigenvalue weighted by atomic mass is 32.2.